The number of carboxylic acids is 2. The fourth-order valence-corrected chi connectivity index (χ4v) is 5.29. The molecule has 0 saturated heterocycles. The summed E-state index contributed by atoms with van der Waals surface area (Å²) in [7, 11) is 0. The van der Waals surface area contributed by atoms with E-state index in [0.29, 0.717) is 38.8 Å². The van der Waals surface area contributed by atoms with Crippen molar-refractivity contribution in [2.45, 2.75) is 180 Å². The Morgan fingerprint density at radius 3 is 1.50 bits per heavy atom. The van der Waals surface area contributed by atoms with Crippen LogP contribution < -0.4 is 21.7 Å². The van der Waals surface area contributed by atoms with Crippen LogP contribution >= 0.6 is 0 Å². The Kier molecular flexibility index (Phi) is 29.1. The number of hydrogen-bond acceptors (Lipinski definition) is 6. The molecule has 0 fully saturated rings. The molecule has 2 atom stereocenters. The Labute approximate surface area is 278 Å². The van der Waals surface area contributed by atoms with E-state index < -0.39 is 24.0 Å². The lowest BCUT2D eigenvalue weighted by Gasteiger charge is -2.15. The Morgan fingerprint density at radius 2 is 1.02 bits per heavy atom. The molecule has 0 aliphatic rings. The SMILES string of the molecule is CCCCNC(=O)[C@@H](N)CCCCNC(=O)CC[C@H](NC(=O)CCCCCCCCCCCCCCCCCCC(=O)O)C(=O)O. The van der Waals surface area contributed by atoms with Crippen molar-refractivity contribution in [1.29, 1.82) is 0 Å². The molecule has 0 aliphatic heterocycles. The molecule has 0 saturated carbocycles. The van der Waals surface area contributed by atoms with Gasteiger partial charge in [0.05, 0.1) is 6.04 Å². The number of amides is 3. The Bertz CT molecular complexity index is 825. The maximum absolute atomic E-state index is 12.3. The van der Waals surface area contributed by atoms with Crippen LogP contribution in [0.3, 0.4) is 0 Å². The van der Waals surface area contributed by atoms with E-state index in [1.165, 1.54) is 57.8 Å². The lowest BCUT2D eigenvalue weighted by Crippen LogP contribution is -2.41. The average Bonchev–Trinajstić information content (AvgIpc) is 3.01. The number of unbranched alkanes of at least 4 members (excludes halogenated alkanes) is 17. The minimum absolute atomic E-state index is 0.00811. The molecule has 0 aromatic carbocycles. The quantitative estimate of drug-likeness (QED) is 0.0467. The number of hydrogen-bond donors (Lipinski definition) is 6. The van der Waals surface area contributed by atoms with Crippen molar-refractivity contribution in [1.82, 2.24) is 16.0 Å². The molecule has 268 valence electrons. The molecule has 0 heterocycles. The first-order valence-corrected chi connectivity index (χ1v) is 18.2. The molecule has 0 unspecified atom stereocenters. The third-order valence-corrected chi connectivity index (χ3v) is 8.27. The average molecular weight is 655 g/mol. The zero-order chi connectivity index (χ0) is 34.3. The van der Waals surface area contributed by atoms with Crippen LogP contribution in [0.15, 0.2) is 0 Å². The van der Waals surface area contributed by atoms with Crippen molar-refractivity contribution in [3.8, 4) is 0 Å². The van der Waals surface area contributed by atoms with Gasteiger partial charge in [-0.15, -0.1) is 0 Å². The minimum atomic E-state index is -1.14. The van der Waals surface area contributed by atoms with Crippen LogP contribution in [-0.2, 0) is 24.0 Å². The summed E-state index contributed by atoms with van der Waals surface area (Å²) in [6, 6.07) is -1.64. The topological polar surface area (TPSA) is 188 Å². The predicted molar refractivity (Wildman–Crippen MR) is 182 cm³/mol. The number of rotatable bonds is 33. The van der Waals surface area contributed by atoms with Gasteiger partial charge >= 0.3 is 11.9 Å². The molecule has 11 heteroatoms. The lowest BCUT2D eigenvalue weighted by molar-refractivity contribution is -0.142. The van der Waals surface area contributed by atoms with E-state index in [4.69, 9.17) is 10.8 Å². The first-order valence-electron chi connectivity index (χ1n) is 18.2. The largest absolute Gasteiger partial charge is 0.481 e. The van der Waals surface area contributed by atoms with Gasteiger partial charge in [0, 0.05) is 32.4 Å². The van der Waals surface area contributed by atoms with E-state index in [1.807, 2.05) is 0 Å². The zero-order valence-electron chi connectivity index (χ0n) is 28.8. The summed E-state index contributed by atoms with van der Waals surface area (Å²) >= 11 is 0. The normalized spacial score (nSPS) is 12.3. The van der Waals surface area contributed by atoms with E-state index in [-0.39, 0.29) is 37.0 Å². The van der Waals surface area contributed by atoms with Crippen LogP contribution in [-0.4, -0.2) is 65.0 Å². The summed E-state index contributed by atoms with van der Waals surface area (Å²) in [5, 5.41) is 26.2. The third-order valence-electron chi connectivity index (χ3n) is 8.27. The van der Waals surface area contributed by atoms with E-state index in [9.17, 15) is 29.1 Å². The van der Waals surface area contributed by atoms with Crippen molar-refractivity contribution in [3.05, 3.63) is 0 Å². The van der Waals surface area contributed by atoms with Crippen molar-refractivity contribution < 1.29 is 34.2 Å². The maximum atomic E-state index is 12.3. The summed E-state index contributed by atoms with van der Waals surface area (Å²) in [5.74, 6) is -2.54. The van der Waals surface area contributed by atoms with Crippen LogP contribution in [0.5, 0.6) is 0 Å². The monoisotopic (exact) mass is 654 g/mol. The minimum Gasteiger partial charge on any atom is -0.481 e. The second-order valence-electron chi connectivity index (χ2n) is 12.6. The molecular formula is C35H66N4O7. The van der Waals surface area contributed by atoms with Gasteiger partial charge in [0.25, 0.3) is 0 Å². The number of nitrogens with one attached hydrogen (secondary N) is 3. The summed E-state index contributed by atoms with van der Waals surface area (Å²) in [4.78, 5) is 58.4. The Hall–Kier alpha value is -2.69. The van der Waals surface area contributed by atoms with Gasteiger partial charge < -0.3 is 31.9 Å². The zero-order valence-corrected chi connectivity index (χ0v) is 28.8. The Balaban J connectivity index is 3.71. The lowest BCUT2D eigenvalue weighted by atomic mass is 10.0. The van der Waals surface area contributed by atoms with E-state index >= 15 is 0 Å². The first-order chi connectivity index (χ1) is 22.2. The van der Waals surface area contributed by atoms with Gasteiger partial charge in [-0.2, -0.15) is 0 Å². The molecular weight excluding hydrogens is 588 g/mol. The number of nitrogens with two attached hydrogens (primary N) is 1. The third kappa shape index (κ3) is 28.8. The first kappa shape index (κ1) is 43.3. The molecule has 0 aromatic heterocycles. The molecule has 0 bridgehead atoms. The summed E-state index contributed by atoms with van der Waals surface area (Å²) in [6.45, 7) is 3.10. The van der Waals surface area contributed by atoms with Crippen LogP contribution in [0.25, 0.3) is 0 Å². The number of carbonyl (C=O) groups is 5. The van der Waals surface area contributed by atoms with Crippen LogP contribution in [0, 0.1) is 0 Å². The maximum Gasteiger partial charge on any atom is 0.326 e. The van der Waals surface area contributed by atoms with E-state index in [1.54, 1.807) is 0 Å². The van der Waals surface area contributed by atoms with Gasteiger partial charge in [0.1, 0.15) is 6.04 Å². The summed E-state index contributed by atoms with van der Waals surface area (Å²) in [6.07, 6.45) is 22.6. The van der Waals surface area contributed by atoms with Gasteiger partial charge in [-0.3, -0.25) is 19.2 Å². The molecule has 7 N–H and O–H groups in total. The van der Waals surface area contributed by atoms with Crippen molar-refractivity contribution in [2.24, 2.45) is 5.73 Å². The highest BCUT2D eigenvalue weighted by molar-refractivity contribution is 5.84. The van der Waals surface area contributed by atoms with Gasteiger partial charge in [0.2, 0.25) is 17.7 Å². The molecule has 3 amide bonds. The Morgan fingerprint density at radius 1 is 0.543 bits per heavy atom. The highest BCUT2D eigenvalue weighted by atomic mass is 16.4. The van der Waals surface area contributed by atoms with Crippen molar-refractivity contribution >= 4 is 29.7 Å². The molecule has 0 radical (unpaired) electrons. The molecule has 0 aromatic rings. The molecule has 46 heavy (non-hydrogen) atoms. The highest BCUT2D eigenvalue weighted by Crippen LogP contribution is 2.14. The van der Waals surface area contributed by atoms with Gasteiger partial charge in [-0.25, -0.2) is 4.79 Å². The predicted octanol–water partition coefficient (Wildman–Crippen LogP) is 5.97. The van der Waals surface area contributed by atoms with E-state index in [2.05, 4.69) is 22.9 Å². The molecule has 0 aliphatic carbocycles. The molecule has 0 spiro atoms. The van der Waals surface area contributed by atoms with E-state index in [0.717, 1.165) is 57.8 Å². The molecule has 0 rings (SSSR count). The van der Waals surface area contributed by atoms with Gasteiger partial charge in [-0.1, -0.05) is 103 Å². The van der Waals surface area contributed by atoms with Crippen molar-refractivity contribution in [2.75, 3.05) is 13.1 Å². The second-order valence-corrected chi connectivity index (χ2v) is 12.6. The van der Waals surface area contributed by atoms with Crippen LogP contribution in [0.4, 0.5) is 0 Å². The number of carbonyl (C=O) groups excluding carboxylic acids is 3. The van der Waals surface area contributed by atoms with Crippen molar-refractivity contribution in [3.63, 3.8) is 0 Å². The summed E-state index contributed by atoms with van der Waals surface area (Å²) in [5.41, 5.74) is 5.89. The highest BCUT2D eigenvalue weighted by Gasteiger charge is 2.21. The smallest absolute Gasteiger partial charge is 0.326 e. The van der Waals surface area contributed by atoms with Gasteiger partial charge in [0.15, 0.2) is 0 Å². The van der Waals surface area contributed by atoms with Gasteiger partial charge in [-0.05, 0) is 44.9 Å². The summed E-state index contributed by atoms with van der Waals surface area (Å²) < 4.78 is 0. The fourth-order valence-electron chi connectivity index (χ4n) is 5.29. The second kappa shape index (κ2) is 30.9. The van der Waals surface area contributed by atoms with Crippen LogP contribution in [0.2, 0.25) is 0 Å². The fraction of sp³-hybridized carbons (Fsp3) is 0.857. The molecule has 11 nitrogen and oxygen atoms in total. The van der Waals surface area contributed by atoms with Crippen LogP contribution in [0.1, 0.15) is 167 Å². The standard InChI is InChI=1S/C35H66N4O7/c1-2-3-27-38-34(44)29(36)22-20-21-28-37-31(40)26-25-30(35(45)46)39-32(41)23-18-16-14-12-10-8-6-4-5-7-9-11-13-15-17-19-24-33(42)43/h29-30H,2-28,36H2,1H3,(H,37,40)(H,38,44)(H,39,41)(H,42,43)(H,45,46)/t29-,30-/m0/s1. The number of aliphatic carboxylic acids is 2. The number of carboxylic acid groups (broad SMARTS) is 2.